The maximum Gasteiger partial charge on any atom is 0.253 e. The van der Waals surface area contributed by atoms with Crippen LogP contribution in [0, 0.1) is 17.2 Å². The lowest BCUT2D eigenvalue weighted by atomic mass is 10.0. The largest absolute Gasteiger partial charge is 0.341 e. The van der Waals surface area contributed by atoms with Crippen molar-refractivity contribution in [3.8, 4) is 6.07 Å². The maximum absolute atomic E-state index is 12.9. The molecule has 8 heteroatoms. The number of nitrogens with zero attached hydrogens (tertiary/aromatic N) is 3. The SMILES string of the molecule is CC1CCCN(S(=O)(=O)c2cc(C(=O)N(C)CCC#N)ccc2Cl)C1. The van der Waals surface area contributed by atoms with Gasteiger partial charge in [-0.05, 0) is 37.0 Å². The van der Waals surface area contributed by atoms with Crippen molar-refractivity contribution in [1.82, 2.24) is 9.21 Å². The molecule has 6 nitrogen and oxygen atoms in total. The standard InChI is InChI=1S/C17H22ClN3O3S/c1-13-5-3-10-21(12-13)25(23,24)16-11-14(6-7-15(16)18)17(22)20(2)9-4-8-19/h6-7,11,13H,3-5,9-10,12H2,1-2H3. The van der Waals surface area contributed by atoms with E-state index >= 15 is 0 Å². The highest BCUT2D eigenvalue weighted by Gasteiger charge is 2.31. The van der Waals surface area contributed by atoms with E-state index in [1.165, 1.54) is 27.4 Å². The second-order valence-corrected chi connectivity index (χ2v) is 8.70. The van der Waals surface area contributed by atoms with Crippen molar-refractivity contribution < 1.29 is 13.2 Å². The van der Waals surface area contributed by atoms with E-state index in [9.17, 15) is 13.2 Å². The van der Waals surface area contributed by atoms with E-state index in [4.69, 9.17) is 16.9 Å². The molecule has 1 atom stereocenters. The summed E-state index contributed by atoms with van der Waals surface area (Å²) in [6, 6.07) is 6.26. The van der Waals surface area contributed by atoms with E-state index in [1.807, 2.05) is 13.0 Å². The monoisotopic (exact) mass is 383 g/mol. The van der Waals surface area contributed by atoms with E-state index in [2.05, 4.69) is 0 Å². The van der Waals surface area contributed by atoms with Crippen LogP contribution in [0.25, 0.3) is 0 Å². The molecule has 1 aromatic rings. The van der Waals surface area contributed by atoms with E-state index < -0.39 is 10.0 Å². The summed E-state index contributed by atoms with van der Waals surface area (Å²) in [6.45, 7) is 3.22. The highest BCUT2D eigenvalue weighted by atomic mass is 35.5. The summed E-state index contributed by atoms with van der Waals surface area (Å²) >= 11 is 6.13. The van der Waals surface area contributed by atoms with Gasteiger partial charge >= 0.3 is 0 Å². The van der Waals surface area contributed by atoms with Gasteiger partial charge in [-0.2, -0.15) is 9.57 Å². The number of hydrogen-bond donors (Lipinski definition) is 0. The van der Waals surface area contributed by atoms with Crippen LogP contribution in [-0.2, 0) is 10.0 Å². The quantitative estimate of drug-likeness (QED) is 0.782. The smallest absolute Gasteiger partial charge is 0.253 e. The Balaban J connectivity index is 2.32. The molecular formula is C17H22ClN3O3S. The van der Waals surface area contributed by atoms with Crippen molar-refractivity contribution in [2.24, 2.45) is 5.92 Å². The predicted molar refractivity (Wildman–Crippen MR) is 95.8 cm³/mol. The van der Waals surface area contributed by atoms with Gasteiger partial charge in [0, 0.05) is 32.2 Å². The van der Waals surface area contributed by atoms with Crippen LogP contribution in [0.4, 0.5) is 0 Å². The topological polar surface area (TPSA) is 81.5 Å². The summed E-state index contributed by atoms with van der Waals surface area (Å²) in [5.41, 5.74) is 0.244. The zero-order valence-corrected chi connectivity index (χ0v) is 16.0. The number of amides is 1. The van der Waals surface area contributed by atoms with Gasteiger partial charge in [0.25, 0.3) is 5.91 Å². The molecule has 1 aliphatic rings. The molecule has 0 spiro atoms. The first-order valence-corrected chi connectivity index (χ1v) is 10.0. The van der Waals surface area contributed by atoms with Crippen molar-refractivity contribution in [1.29, 1.82) is 5.26 Å². The molecule has 1 unspecified atom stereocenters. The van der Waals surface area contributed by atoms with Crippen molar-refractivity contribution in [3.05, 3.63) is 28.8 Å². The Bertz CT molecular complexity index is 789. The molecule has 1 fully saturated rings. The highest BCUT2D eigenvalue weighted by molar-refractivity contribution is 7.89. The summed E-state index contributed by atoms with van der Waals surface area (Å²) in [4.78, 5) is 13.8. The van der Waals surface area contributed by atoms with Gasteiger partial charge in [-0.25, -0.2) is 8.42 Å². The number of carbonyl (C=O) groups is 1. The number of sulfonamides is 1. The molecule has 25 heavy (non-hydrogen) atoms. The lowest BCUT2D eigenvalue weighted by molar-refractivity contribution is 0.0798. The molecule has 0 bridgehead atoms. The van der Waals surface area contributed by atoms with E-state index in [1.54, 1.807) is 7.05 Å². The molecule has 1 aliphatic heterocycles. The van der Waals surface area contributed by atoms with Gasteiger partial charge in [-0.15, -0.1) is 0 Å². The Labute approximate surface area is 154 Å². The van der Waals surface area contributed by atoms with Crippen LogP contribution in [0.3, 0.4) is 0 Å². The van der Waals surface area contributed by atoms with Crippen LogP contribution in [0.2, 0.25) is 5.02 Å². The number of halogens is 1. The number of rotatable bonds is 5. The average Bonchev–Trinajstić information content (AvgIpc) is 2.59. The third-order valence-electron chi connectivity index (χ3n) is 4.32. The molecule has 136 valence electrons. The Kier molecular flexibility index (Phi) is 6.44. The number of carbonyl (C=O) groups excluding carboxylic acids is 1. The zero-order chi connectivity index (χ0) is 18.6. The minimum absolute atomic E-state index is 0.0391. The number of benzene rings is 1. The van der Waals surface area contributed by atoms with Crippen LogP contribution in [0.5, 0.6) is 0 Å². The molecule has 1 amide bonds. The molecular weight excluding hydrogens is 362 g/mol. The van der Waals surface area contributed by atoms with Gasteiger partial charge in [0.2, 0.25) is 10.0 Å². The number of piperidine rings is 1. The minimum Gasteiger partial charge on any atom is -0.341 e. The highest BCUT2D eigenvalue weighted by Crippen LogP contribution is 2.29. The van der Waals surface area contributed by atoms with Gasteiger partial charge in [0.1, 0.15) is 4.90 Å². The molecule has 0 N–H and O–H groups in total. The van der Waals surface area contributed by atoms with Crippen LogP contribution in [0.15, 0.2) is 23.1 Å². The molecule has 1 heterocycles. The van der Waals surface area contributed by atoms with E-state index in [-0.39, 0.29) is 34.4 Å². The number of hydrogen-bond acceptors (Lipinski definition) is 4. The molecule has 2 rings (SSSR count). The molecule has 0 saturated carbocycles. The average molecular weight is 384 g/mol. The Morgan fingerprint density at radius 1 is 1.48 bits per heavy atom. The minimum atomic E-state index is -3.75. The first-order valence-electron chi connectivity index (χ1n) is 8.19. The molecule has 0 aromatic heterocycles. The molecule has 1 saturated heterocycles. The zero-order valence-electron chi connectivity index (χ0n) is 14.4. The summed E-state index contributed by atoms with van der Waals surface area (Å²) in [5, 5.41) is 8.74. The van der Waals surface area contributed by atoms with Crippen LogP contribution in [-0.4, -0.2) is 50.2 Å². The lowest BCUT2D eigenvalue weighted by Crippen LogP contribution is -2.39. The summed E-state index contributed by atoms with van der Waals surface area (Å²) in [5.74, 6) is -0.0420. The fourth-order valence-electron chi connectivity index (χ4n) is 2.88. The Morgan fingerprint density at radius 3 is 2.84 bits per heavy atom. The van der Waals surface area contributed by atoms with Crippen LogP contribution >= 0.6 is 11.6 Å². The third kappa shape index (κ3) is 4.51. The van der Waals surface area contributed by atoms with Crippen molar-refractivity contribution in [2.45, 2.75) is 31.1 Å². The van der Waals surface area contributed by atoms with Crippen LogP contribution in [0.1, 0.15) is 36.5 Å². The number of nitriles is 1. The molecule has 0 radical (unpaired) electrons. The normalized spacial score (nSPS) is 18.6. The van der Waals surface area contributed by atoms with Crippen LogP contribution < -0.4 is 0 Å². The van der Waals surface area contributed by atoms with Crippen molar-refractivity contribution in [3.63, 3.8) is 0 Å². The van der Waals surface area contributed by atoms with Crippen molar-refractivity contribution >= 4 is 27.5 Å². The predicted octanol–water partition coefficient (Wildman–Crippen LogP) is 2.75. The third-order valence-corrected chi connectivity index (χ3v) is 6.67. The van der Waals surface area contributed by atoms with E-state index in [0.29, 0.717) is 19.0 Å². The van der Waals surface area contributed by atoms with Gasteiger partial charge in [-0.1, -0.05) is 18.5 Å². The molecule has 0 aliphatic carbocycles. The second-order valence-electron chi connectivity index (χ2n) is 6.39. The summed E-state index contributed by atoms with van der Waals surface area (Å²) < 4.78 is 27.3. The maximum atomic E-state index is 12.9. The van der Waals surface area contributed by atoms with Gasteiger partial charge in [-0.3, -0.25) is 4.79 Å². The van der Waals surface area contributed by atoms with E-state index in [0.717, 1.165) is 12.8 Å². The lowest BCUT2D eigenvalue weighted by Gasteiger charge is -2.30. The van der Waals surface area contributed by atoms with Crippen molar-refractivity contribution in [2.75, 3.05) is 26.7 Å². The Morgan fingerprint density at radius 2 is 2.20 bits per heavy atom. The Hall–Kier alpha value is -1.62. The second kappa shape index (κ2) is 8.17. The van der Waals surface area contributed by atoms with Gasteiger partial charge < -0.3 is 4.90 Å². The summed E-state index contributed by atoms with van der Waals surface area (Å²) in [6.07, 6.45) is 2.03. The summed E-state index contributed by atoms with van der Waals surface area (Å²) in [7, 11) is -2.17. The first kappa shape index (κ1) is 19.7. The first-order chi connectivity index (χ1) is 11.8. The fraction of sp³-hybridized carbons (Fsp3) is 0.529. The van der Waals surface area contributed by atoms with Gasteiger partial charge in [0.05, 0.1) is 17.5 Å². The fourth-order valence-corrected chi connectivity index (χ4v) is 4.98. The molecule has 1 aromatic carbocycles. The van der Waals surface area contributed by atoms with Gasteiger partial charge in [0.15, 0.2) is 0 Å².